The van der Waals surface area contributed by atoms with Crippen LogP contribution in [0.1, 0.15) is 27.6 Å². The number of Topliss-reactive ketones (excluding diaryl/α,β-unsaturated/α-hetero) is 1. The van der Waals surface area contributed by atoms with Gasteiger partial charge < -0.3 is 14.8 Å². The molecule has 0 radical (unpaired) electrons. The minimum Gasteiger partial charge on any atom is -0.497 e. The average molecular weight is 327 g/mol. The molecule has 2 aromatic rings. The highest BCUT2D eigenvalue weighted by atomic mass is 16.5. The summed E-state index contributed by atoms with van der Waals surface area (Å²) in [5.41, 5.74) is 1.40. The van der Waals surface area contributed by atoms with Crippen molar-refractivity contribution in [2.24, 2.45) is 0 Å². The number of esters is 1. The van der Waals surface area contributed by atoms with Crippen LogP contribution in [0.25, 0.3) is 0 Å². The molecule has 1 amide bonds. The van der Waals surface area contributed by atoms with E-state index >= 15 is 0 Å². The molecule has 0 saturated carbocycles. The van der Waals surface area contributed by atoms with E-state index in [1.54, 1.807) is 48.5 Å². The number of amides is 1. The molecule has 0 aromatic heterocycles. The van der Waals surface area contributed by atoms with Crippen LogP contribution in [-0.4, -0.2) is 31.4 Å². The second-order valence-electron chi connectivity index (χ2n) is 4.99. The zero-order valence-corrected chi connectivity index (χ0v) is 13.4. The Morgan fingerprint density at radius 3 is 2.04 bits per heavy atom. The summed E-state index contributed by atoms with van der Waals surface area (Å²) in [4.78, 5) is 34.8. The van der Waals surface area contributed by atoms with E-state index in [0.29, 0.717) is 22.6 Å². The number of rotatable bonds is 6. The Morgan fingerprint density at radius 1 is 0.917 bits per heavy atom. The van der Waals surface area contributed by atoms with Gasteiger partial charge in [0, 0.05) is 11.3 Å². The van der Waals surface area contributed by atoms with Gasteiger partial charge >= 0.3 is 5.97 Å². The molecule has 24 heavy (non-hydrogen) atoms. The molecule has 6 heteroatoms. The SMILES string of the molecule is COc1ccc(C(=O)OCC(=O)Nc2ccc(C(C)=O)cc2)cc1. The molecule has 2 aromatic carbocycles. The molecule has 0 unspecified atom stereocenters. The third kappa shape index (κ3) is 4.67. The van der Waals surface area contributed by atoms with Crippen molar-refractivity contribution in [1.82, 2.24) is 0 Å². The first-order valence-corrected chi connectivity index (χ1v) is 7.21. The van der Waals surface area contributed by atoms with Gasteiger partial charge in [-0.25, -0.2) is 4.79 Å². The van der Waals surface area contributed by atoms with E-state index in [-0.39, 0.29) is 5.78 Å². The van der Waals surface area contributed by atoms with Gasteiger partial charge in [0.1, 0.15) is 5.75 Å². The summed E-state index contributed by atoms with van der Waals surface area (Å²) in [7, 11) is 1.53. The van der Waals surface area contributed by atoms with Crippen LogP contribution < -0.4 is 10.1 Å². The lowest BCUT2D eigenvalue weighted by Gasteiger charge is -2.07. The van der Waals surface area contributed by atoms with Gasteiger partial charge in [0.05, 0.1) is 12.7 Å². The van der Waals surface area contributed by atoms with Crippen molar-refractivity contribution < 1.29 is 23.9 Å². The number of hydrogen-bond acceptors (Lipinski definition) is 5. The largest absolute Gasteiger partial charge is 0.497 e. The number of methoxy groups -OCH3 is 1. The van der Waals surface area contributed by atoms with Gasteiger partial charge in [-0.05, 0) is 55.5 Å². The minimum atomic E-state index is -0.597. The van der Waals surface area contributed by atoms with Crippen LogP contribution in [-0.2, 0) is 9.53 Å². The zero-order valence-electron chi connectivity index (χ0n) is 13.4. The summed E-state index contributed by atoms with van der Waals surface area (Å²) in [6.07, 6.45) is 0. The number of carbonyl (C=O) groups is 3. The lowest BCUT2D eigenvalue weighted by Crippen LogP contribution is -2.20. The Balaban J connectivity index is 1.85. The number of nitrogens with one attached hydrogen (secondary N) is 1. The highest BCUT2D eigenvalue weighted by molar-refractivity contribution is 5.97. The van der Waals surface area contributed by atoms with Gasteiger partial charge in [0.25, 0.3) is 5.91 Å². The molecule has 0 aliphatic heterocycles. The molecule has 0 atom stereocenters. The lowest BCUT2D eigenvalue weighted by molar-refractivity contribution is -0.119. The highest BCUT2D eigenvalue weighted by Gasteiger charge is 2.10. The number of anilines is 1. The first-order valence-electron chi connectivity index (χ1n) is 7.21. The van der Waals surface area contributed by atoms with Crippen LogP contribution in [0.2, 0.25) is 0 Å². The summed E-state index contributed by atoms with van der Waals surface area (Å²) < 4.78 is 9.95. The number of ether oxygens (including phenoxy) is 2. The molecule has 2 rings (SSSR count). The highest BCUT2D eigenvalue weighted by Crippen LogP contribution is 2.12. The molecule has 124 valence electrons. The topological polar surface area (TPSA) is 81.7 Å². The third-order valence-electron chi connectivity index (χ3n) is 3.24. The van der Waals surface area contributed by atoms with E-state index in [4.69, 9.17) is 9.47 Å². The predicted molar refractivity (Wildman–Crippen MR) is 88.4 cm³/mol. The molecular weight excluding hydrogens is 310 g/mol. The van der Waals surface area contributed by atoms with Crippen LogP contribution >= 0.6 is 0 Å². The van der Waals surface area contributed by atoms with E-state index in [0.717, 1.165) is 0 Å². The van der Waals surface area contributed by atoms with Gasteiger partial charge in [-0.15, -0.1) is 0 Å². The fourth-order valence-corrected chi connectivity index (χ4v) is 1.93. The number of hydrogen-bond donors (Lipinski definition) is 1. The van der Waals surface area contributed by atoms with Crippen LogP contribution in [0.15, 0.2) is 48.5 Å². The zero-order chi connectivity index (χ0) is 17.5. The lowest BCUT2D eigenvalue weighted by atomic mass is 10.1. The van der Waals surface area contributed by atoms with Crippen LogP contribution in [0.5, 0.6) is 5.75 Å². The third-order valence-corrected chi connectivity index (χ3v) is 3.24. The number of benzene rings is 2. The standard InChI is InChI=1S/C18H17NO5/c1-12(20)13-3-7-15(8-4-13)19-17(21)11-24-18(22)14-5-9-16(23-2)10-6-14/h3-10H,11H2,1-2H3,(H,19,21). The van der Waals surface area contributed by atoms with Crippen molar-refractivity contribution >= 4 is 23.3 Å². The van der Waals surface area contributed by atoms with Gasteiger partial charge in [-0.1, -0.05) is 0 Å². The maximum absolute atomic E-state index is 11.8. The van der Waals surface area contributed by atoms with E-state index in [2.05, 4.69) is 5.32 Å². The molecule has 0 fully saturated rings. The maximum Gasteiger partial charge on any atom is 0.338 e. The summed E-state index contributed by atoms with van der Waals surface area (Å²) in [5, 5.41) is 2.59. The van der Waals surface area contributed by atoms with Crippen molar-refractivity contribution in [2.75, 3.05) is 19.0 Å². The number of carbonyl (C=O) groups excluding carboxylic acids is 3. The van der Waals surface area contributed by atoms with Crippen molar-refractivity contribution in [1.29, 1.82) is 0 Å². The minimum absolute atomic E-state index is 0.0544. The fraction of sp³-hybridized carbons (Fsp3) is 0.167. The van der Waals surface area contributed by atoms with Crippen molar-refractivity contribution in [3.63, 3.8) is 0 Å². The Kier molecular flexibility index (Phi) is 5.68. The Labute approximate surface area is 139 Å². The summed E-state index contributed by atoms with van der Waals surface area (Å²) in [6.45, 7) is 1.06. The summed E-state index contributed by atoms with van der Waals surface area (Å²) in [5.74, 6) is -0.494. The maximum atomic E-state index is 11.8. The average Bonchev–Trinajstić information content (AvgIpc) is 2.60. The van der Waals surface area contributed by atoms with Crippen LogP contribution in [0.4, 0.5) is 5.69 Å². The van der Waals surface area contributed by atoms with Crippen molar-refractivity contribution in [2.45, 2.75) is 6.92 Å². The monoisotopic (exact) mass is 327 g/mol. The molecule has 0 saturated heterocycles. The molecule has 0 spiro atoms. The van der Waals surface area contributed by atoms with Gasteiger partial charge in [0.15, 0.2) is 12.4 Å². The van der Waals surface area contributed by atoms with Crippen molar-refractivity contribution in [3.8, 4) is 5.75 Å². The van der Waals surface area contributed by atoms with E-state index < -0.39 is 18.5 Å². The molecule has 6 nitrogen and oxygen atoms in total. The van der Waals surface area contributed by atoms with E-state index in [1.807, 2.05) is 0 Å². The summed E-state index contributed by atoms with van der Waals surface area (Å²) >= 11 is 0. The first kappa shape index (κ1) is 17.2. The van der Waals surface area contributed by atoms with Gasteiger partial charge in [-0.3, -0.25) is 9.59 Å². The molecule has 0 aliphatic carbocycles. The molecule has 0 bridgehead atoms. The first-order chi connectivity index (χ1) is 11.5. The van der Waals surface area contributed by atoms with Gasteiger partial charge in [0.2, 0.25) is 0 Å². The van der Waals surface area contributed by atoms with Crippen molar-refractivity contribution in [3.05, 3.63) is 59.7 Å². The molecule has 1 N–H and O–H groups in total. The Hall–Kier alpha value is -3.15. The second kappa shape index (κ2) is 7.92. The summed E-state index contributed by atoms with van der Waals surface area (Å²) in [6, 6.07) is 12.8. The quantitative estimate of drug-likeness (QED) is 0.651. The second-order valence-corrected chi connectivity index (χ2v) is 4.99. The smallest absolute Gasteiger partial charge is 0.338 e. The number of ketones is 1. The van der Waals surface area contributed by atoms with E-state index in [1.165, 1.54) is 14.0 Å². The fourth-order valence-electron chi connectivity index (χ4n) is 1.93. The predicted octanol–water partition coefficient (Wildman–Crippen LogP) is 2.69. The Bertz CT molecular complexity index is 735. The van der Waals surface area contributed by atoms with E-state index in [9.17, 15) is 14.4 Å². The van der Waals surface area contributed by atoms with Crippen LogP contribution in [0, 0.1) is 0 Å². The van der Waals surface area contributed by atoms with Gasteiger partial charge in [-0.2, -0.15) is 0 Å². The normalized spacial score (nSPS) is 9.92. The molecule has 0 heterocycles. The molecular formula is C18H17NO5. The Morgan fingerprint density at radius 2 is 1.50 bits per heavy atom. The van der Waals surface area contributed by atoms with Crippen LogP contribution in [0.3, 0.4) is 0 Å². The molecule has 0 aliphatic rings.